The molecular formula is C12H11ClFN3. The second-order valence-corrected chi connectivity index (χ2v) is 4.09. The summed E-state index contributed by atoms with van der Waals surface area (Å²) in [4.78, 5) is 7.89. The molecule has 0 saturated carbocycles. The van der Waals surface area contributed by atoms with E-state index in [9.17, 15) is 4.39 Å². The highest BCUT2D eigenvalue weighted by Crippen LogP contribution is 2.22. The Morgan fingerprint density at radius 1 is 1.35 bits per heavy atom. The van der Waals surface area contributed by atoms with Crippen molar-refractivity contribution in [2.45, 2.75) is 12.5 Å². The van der Waals surface area contributed by atoms with E-state index < -0.39 is 0 Å². The summed E-state index contributed by atoms with van der Waals surface area (Å²) in [6, 6.07) is 5.76. The van der Waals surface area contributed by atoms with Gasteiger partial charge in [-0.3, -0.25) is 0 Å². The summed E-state index contributed by atoms with van der Waals surface area (Å²) in [6.45, 7) is 0. The van der Waals surface area contributed by atoms with Gasteiger partial charge >= 0.3 is 0 Å². The van der Waals surface area contributed by atoms with Crippen LogP contribution < -0.4 is 5.73 Å². The predicted octanol–water partition coefficient (Wildman–Crippen LogP) is 2.51. The van der Waals surface area contributed by atoms with Gasteiger partial charge in [0.2, 0.25) is 0 Å². The summed E-state index contributed by atoms with van der Waals surface area (Å²) < 4.78 is 12.9. The van der Waals surface area contributed by atoms with Gasteiger partial charge in [-0.2, -0.15) is 0 Å². The van der Waals surface area contributed by atoms with Gasteiger partial charge < -0.3 is 5.73 Å². The minimum Gasteiger partial charge on any atom is -0.322 e. The average Bonchev–Trinajstić information content (AvgIpc) is 2.34. The molecule has 1 atom stereocenters. The van der Waals surface area contributed by atoms with Gasteiger partial charge in [0.25, 0.3) is 0 Å². The smallest absolute Gasteiger partial charge is 0.124 e. The lowest BCUT2D eigenvalue weighted by Gasteiger charge is -2.11. The van der Waals surface area contributed by atoms with E-state index in [0.717, 1.165) is 11.3 Å². The second kappa shape index (κ2) is 5.21. The standard InChI is InChI=1S/C12H11ClFN3/c13-10-6-9(14)2-1-8(10)5-11(15)12-3-4-16-7-17-12/h1-4,6-7,11H,5,15H2. The van der Waals surface area contributed by atoms with E-state index in [2.05, 4.69) is 9.97 Å². The summed E-state index contributed by atoms with van der Waals surface area (Å²) in [5, 5.41) is 0.384. The van der Waals surface area contributed by atoms with Crippen molar-refractivity contribution in [3.63, 3.8) is 0 Å². The van der Waals surface area contributed by atoms with Crippen molar-refractivity contribution in [3.8, 4) is 0 Å². The van der Waals surface area contributed by atoms with Gasteiger partial charge in [-0.15, -0.1) is 0 Å². The van der Waals surface area contributed by atoms with Crippen LogP contribution in [0.4, 0.5) is 4.39 Å². The van der Waals surface area contributed by atoms with Gasteiger partial charge in [0, 0.05) is 11.2 Å². The molecule has 0 saturated heterocycles. The van der Waals surface area contributed by atoms with E-state index in [1.807, 2.05) is 0 Å². The Hall–Kier alpha value is -1.52. The highest BCUT2D eigenvalue weighted by molar-refractivity contribution is 6.31. The zero-order valence-electron chi connectivity index (χ0n) is 8.98. The van der Waals surface area contributed by atoms with Crippen LogP contribution in [0.1, 0.15) is 17.3 Å². The lowest BCUT2D eigenvalue weighted by molar-refractivity contribution is 0.625. The zero-order chi connectivity index (χ0) is 12.3. The fraction of sp³-hybridized carbons (Fsp3) is 0.167. The molecule has 1 aromatic heterocycles. The predicted molar refractivity (Wildman–Crippen MR) is 64.1 cm³/mol. The third-order valence-corrected chi connectivity index (χ3v) is 2.79. The first kappa shape index (κ1) is 12.0. The fourth-order valence-electron chi connectivity index (χ4n) is 1.55. The quantitative estimate of drug-likeness (QED) is 0.912. The lowest BCUT2D eigenvalue weighted by atomic mass is 10.0. The average molecular weight is 252 g/mol. The third kappa shape index (κ3) is 2.99. The molecule has 5 heteroatoms. The molecule has 0 spiro atoms. The van der Waals surface area contributed by atoms with Gasteiger partial charge in [-0.05, 0) is 30.2 Å². The maximum absolute atomic E-state index is 12.9. The van der Waals surface area contributed by atoms with Gasteiger partial charge in [-0.1, -0.05) is 17.7 Å². The minimum absolute atomic E-state index is 0.277. The van der Waals surface area contributed by atoms with Crippen LogP contribution in [0.15, 0.2) is 36.8 Å². The van der Waals surface area contributed by atoms with Crippen LogP contribution in [0.5, 0.6) is 0 Å². The molecular weight excluding hydrogens is 241 g/mol. The monoisotopic (exact) mass is 251 g/mol. The second-order valence-electron chi connectivity index (χ2n) is 3.68. The molecule has 0 aliphatic heterocycles. The fourth-order valence-corrected chi connectivity index (χ4v) is 1.79. The Morgan fingerprint density at radius 3 is 2.82 bits per heavy atom. The van der Waals surface area contributed by atoms with E-state index in [0.29, 0.717) is 11.4 Å². The molecule has 3 nitrogen and oxygen atoms in total. The summed E-state index contributed by atoms with van der Waals surface area (Å²) in [6.07, 6.45) is 3.59. The number of halogens is 2. The number of nitrogens with zero attached hydrogens (tertiary/aromatic N) is 2. The van der Waals surface area contributed by atoms with Crippen LogP contribution in [0.3, 0.4) is 0 Å². The summed E-state index contributed by atoms with van der Waals surface area (Å²) in [7, 11) is 0. The Balaban J connectivity index is 2.16. The molecule has 2 rings (SSSR count). The maximum atomic E-state index is 12.9. The molecule has 1 unspecified atom stereocenters. The van der Waals surface area contributed by atoms with E-state index in [-0.39, 0.29) is 11.9 Å². The van der Waals surface area contributed by atoms with Gasteiger partial charge in [0.15, 0.2) is 0 Å². The van der Waals surface area contributed by atoms with Crippen molar-refractivity contribution in [1.82, 2.24) is 9.97 Å². The normalized spacial score (nSPS) is 12.4. The molecule has 2 aromatic rings. The Morgan fingerprint density at radius 2 is 2.18 bits per heavy atom. The van der Waals surface area contributed by atoms with Crippen LogP contribution in [-0.4, -0.2) is 9.97 Å². The van der Waals surface area contributed by atoms with Crippen LogP contribution >= 0.6 is 11.6 Å². The summed E-state index contributed by atoms with van der Waals surface area (Å²) in [5.74, 6) is -0.352. The number of rotatable bonds is 3. The maximum Gasteiger partial charge on any atom is 0.124 e. The lowest BCUT2D eigenvalue weighted by Crippen LogP contribution is -2.15. The largest absolute Gasteiger partial charge is 0.322 e. The van der Waals surface area contributed by atoms with Crippen LogP contribution in [0.25, 0.3) is 0 Å². The van der Waals surface area contributed by atoms with Crippen molar-refractivity contribution < 1.29 is 4.39 Å². The molecule has 1 aromatic carbocycles. The molecule has 0 bridgehead atoms. The topological polar surface area (TPSA) is 51.8 Å². The highest BCUT2D eigenvalue weighted by atomic mass is 35.5. The zero-order valence-corrected chi connectivity index (χ0v) is 9.73. The molecule has 17 heavy (non-hydrogen) atoms. The molecule has 88 valence electrons. The summed E-state index contributed by atoms with van der Waals surface area (Å²) >= 11 is 5.93. The Bertz CT molecular complexity index is 504. The Labute approximate surface area is 103 Å². The molecule has 0 aliphatic carbocycles. The number of benzene rings is 1. The first-order chi connectivity index (χ1) is 8.16. The first-order valence-electron chi connectivity index (χ1n) is 5.12. The Kier molecular flexibility index (Phi) is 3.66. The molecule has 2 N–H and O–H groups in total. The summed E-state index contributed by atoms with van der Waals surface area (Å²) in [5.41, 5.74) is 7.53. The number of aromatic nitrogens is 2. The SMILES string of the molecule is NC(Cc1ccc(F)cc1Cl)c1ccncn1. The highest BCUT2D eigenvalue weighted by Gasteiger charge is 2.11. The van der Waals surface area contributed by atoms with E-state index in [1.54, 1.807) is 18.3 Å². The molecule has 0 fully saturated rings. The molecule has 0 radical (unpaired) electrons. The van der Waals surface area contributed by atoms with Crippen LogP contribution in [0, 0.1) is 5.82 Å². The van der Waals surface area contributed by atoms with Gasteiger partial charge in [-0.25, -0.2) is 14.4 Å². The van der Waals surface area contributed by atoms with Gasteiger partial charge in [0.05, 0.1) is 11.7 Å². The van der Waals surface area contributed by atoms with Crippen molar-refractivity contribution in [2.75, 3.05) is 0 Å². The van der Waals surface area contributed by atoms with E-state index in [4.69, 9.17) is 17.3 Å². The first-order valence-corrected chi connectivity index (χ1v) is 5.50. The van der Waals surface area contributed by atoms with Gasteiger partial charge in [0.1, 0.15) is 12.1 Å². The third-order valence-electron chi connectivity index (χ3n) is 2.44. The number of nitrogens with two attached hydrogens (primary N) is 1. The molecule has 0 aliphatic rings. The minimum atomic E-state index is -0.352. The van der Waals surface area contributed by atoms with E-state index in [1.165, 1.54) is 18.5 Å². The van der Waals surface area contributed by atoms with Crippen molar-refractivity contribution in [1.29, 1.82) is 0 Å². The van der Waals surface area contributed by atoms with Crippen molar-refractivity contribution >= 4 is 11.6 Å². The van der Waals surface area contributed by atoms with Crippen molar-refractivity contribution in [2.24, 2.45) is 5.73 Å². The van der Waals surface area contributed by atoms with Crippen LogP contribution in [-0.2, 0) is 6.42 Å². The number of hydrogen-bond acceptors (Lipinski definition) is 3. The number of hydrogen-bond donors (Lipinski definition) is 1. The molecule has 1 heterocycles. The van der Waals surface area contributed by atoms with E-state index >= 15 is 0 Å². The van der Waals surface area contributed by atoms with Crippen molar-refractivity contribution in [3.05, 3.63) is 58.9 Å². The van der Waals surface area contributed by atoms with Crippen LogP contribution in [0.2, 0.25) is 5.02 Å². The molecule has 0 amide bonds.